The van der Waals surface area contributed by atoms with Crippen molar-refractivity contribution in [2.24, 2.45) is 13.0 Å². The quantitative estimate of drug-likeness (QED) is 0.630. The van der Waals surface area contributed by atoms with Gasteiger partial charge in [-0.15, -0.1) is 11.8 Å². The molecule has 2 atom stereocenters. The molecule has 6 nitrogen and oxygen atoms in total. The molecule has 1 saturated carbocycles. The standard InChI is InChI=1S/C26H34N4O2S/c1-18-15-21(33-17-18)16-24(31)30(23-13-14-29(3)28-23)25(22-12-8-7-9-19(22)2)26(32)27-20-10-5-4-6-11-20/h7-9,12-15,18,20,25H,4-6,10-11,16-17H2,1-3H3,(H,27,32). The van der Waals surface area contributed by atoms with E-state index in [1.54, 1.807) is 21.3 Å². The minimum Gasteiger partial charge on any atom is -0.351 e. The minimum atomic E-state index is -0.764. The molecule has 0 bridgehead atoms. The number of benzene rings is 1. The molecule has 1 aliphatic carbocycles. The summed E-state index contributed by atoms with van der Waals surface area (Å²) in [5, 5.41) is 7.81. The third kappa shape index (κ3) is 5.69. The van der Waals surface area contributed by atoms with Gasteiger partial charge in [0.15, 0.2) is 5.82 Å². The number of carbonyl (C=O) groups is 2. The van der Waals surface area contributed by atoms with Gasteiger partial charge in [-0.1, -0.05) is 56.5 Å². The van der Waals surface area contributed by atoms with Gasteiger partial charge in [0.25, 0.3) is 0 Å². The van der Waals surface area contributed by atoms with Gasteiger partial charge in [-0.25, -0.2) is 0 Å². The van der Waals surface area contributed by atoms with Gasteiger partial charge in [0.2, 0.25) is 11.8 Å². The third-order valence-corrected chi connectivity index (χ3v) is 7.83. The van der Waals surface area contributed by atoms with Crippen molar-refractivity contribution in [3.05, 3.63) is 58.6 Å². The average Bonchev–Trinajstić information content (AvgIpc) is 3.40. The molecule has 33 heavy (non-hydrogen) atoms. The Balaban J connectivity index is 1.71. The van der Waals surface area contributed by atoms with E-state index in [0.29, 0.717) is 11.7 Å². The summed E-state index contributed by atoms with van der Waals surface area (Å²) in [6.07, 6.45) is 9.73. The molecule has 2 amide bonds. The van der Waals surface area contributed by atoms with Crippen LogP contribution in [-0.2, 0) is 16.6 Å². The number of nitrogens with one attached hydrogen (secondary N) is 1. The highest BCUT2D eigenvalue weighted by atomic mass is 32.2. The highest BCUT2D eigenvalue weighted by Gasteiger charge is 2.36. The van der Waals surface area contributed by atoms with Gasteiger partial charge in [0, 0.05) is 31.1 Å². The molecule has 1 aromatic carbocycles. The van der Waals surface area contributed by atoms with Crippen LogP contribution < -0.4 is 10.2 Å². The molecule has 0 spiro atoms. The zero-order valence-corrected chi connectivity index (χ0v) is 20.6. The number of nitrogens with zero attached hydrogens (tertiary/aromatic N) is 3. The maximum atomic E-state index is 13.8. The largest absolute Gasteiger partial charge is 0.351 e. The van der Waals surface area contributed by atoms with Crippen LogP contribution in [0.15, 0.2) is 47.5 Å². The maximum absolute atomic E-state index is 13.8. The summed E-state index contributed by atoms with van der Waals surface area (Å²) in [4.78, 5) is 30.3. The van der Waals surface area contributed by atoms with Gasteiger partial charge in [0.1, 0.15) is 6.04 Å². The Morgan fingerprint density at radius 2 is 1.97 bits per heavy atom. The number of thioether (sulfide) groups is 1. The van der Waals surface area contributed by atoms with Crippen molar-refractivity contribution in [2.75, 3.05) is 10.7 Å². The fraction of sp³-hybridized carbons (Fsp3) is 0.500. The van der Waals surface area contributed by atoms with Crippen molar-refractivity contribution in [1.82, 2.24) is 15.1 Å². The Labute approximate surface area is 200 Å². The zero-order valence-electron chi connectivity index (χ0n) is 19.8. The molecule has 2 heterocycles. The molecule has 2 unspecified atom stereocenters. The lowest BCUT2D eigenvalue weighted by atomic mass is 9.94. The number of aryl methyl sites for hydroxylation is 2. The number of rotatable bonds is 7. The Bertz CT molecular complexity index is 1020. The van der Waals surface area contributed by atoms with E-state index in [1.807, 2.05) is 50.5 Å². The number of carbonyl (C=O) groups excluding carboxylic acids is 2. The molecule has 1 aliphatic heterocycles. The summed E-state index contributed by atoms with van der Waals surface area (Å²) in [5.74, 6) is 1.73. The van der Waals surface area contributed by atoms with Crippen LogP contribution in [0.3, 0.4) is 0 Å². The van der Waals surface area contributed by atoms with Crippen LogP contribution in [0.25, 0.3) is 0 Å². The predicted molar refractivity (Wildman–Crippen MR) is 134 cm³/mol. The summed E-state index contributed by atoms with van der Waals surface area (Å²) < 4.78 is 1.68. The number of hydrogen-bond acceptors (Lipinski definition) is 4. The van der Waals surface area contributed by atoms with Crippen molar-refractivity contribution in [3.8, 4) is 0 Å². The van der Waals surface area contributed by atoms with E-state index in [-0.39, 0.29) is 24.3 Å². The van der Waals surface area contributed by atoms with Crippen molar-refractivity contribution >= 4 is 29.4 Å². The highest BCUT2D eigenvalue weighted by molar-refractivity contribution is 8.03. The number of anilines is 1. The van der Waals surface area contributed by atoms with Gasteiger partial charge in [-0.3, -0.25) is 19.2 Å². The molecule has 2 aliphatic rings. The zero-order chi connectivity index (χ0) is 23.4. The molecule has 1 N–H and O–H groups in total. The first-order chi connectivity index (χ1) is 15.9. The summed E-state index contributed by atoms with van der Waals surface area (Å²) in [5.41, 5.74) is 1.82. The summed E-state index contributed by atoms with van der Waals surface area (Å²) >= 11 is 1.73. The second kappa shape index (κ2) is 10.6. The van der Waals surface area contributed by atoms with Gasteiger partial charge in [-0.2, -0.15) is 5.10 Å². The molecule has 176 valence electrons. The second-order valence-electron chi connectivity index (χ2n) is 9.31. The number of allylic oxidation sites excluding steroid dienone is 1. The Kier molecular flexibility index (Phi) is 7.58. The monoisotopic (exact) mass is 466 g/mol. The Morgan fingerprint density at radius 3 is 2.61 bits per heavy atom. The lowest BCUT2D eigenvalue weighted by Crippen LogP contribution is -2.47. The SMILES string of the molecule is Cc1ccccc1C(C(=O)NC1CCCCC1)N(C(=O)CC1=CC(C)CS1)c1ccn(C)n1. The molecule has 1 fully saturated rings. The lowest BCUT2D eigenvalue weighted by Gasteiger charge is -2.33. The van der Waals surface area contributed by atoms with Crippen LogP contribution in [0, 0.1) is 12.8 Å². The molecule has 1 aromatic heterocycles. The molecule has 4 rings (SSSR count). The third-order valence-electron chi connectivity index (χ3n) is 6.48. The first kappa shape index (κ1) is 23.6. The van der Waals surface area contributed by atoms with Crippen LogP contribution in [-0.4, -0.2) is 33.4 Å². The highest BCUT2D eigenvalue weighted by Crippen LogP contribution is 2.35. The van der Waals surface area contributed by atoms with E-state index >= 15 is 0 Å². The van der Waals surface area contributed by atoms with Crippen molar-refractivity contribution in [1.29, 1.82) is 0 Å². The number of amides is 2. The normalized spacial score (nSPS) is 19.7. The molecule has 0 saturated heterocycles. The van der Waals surface area contributed by atoms with E-state index in [2.05, 4.69) is 23.4 Å². The molecule has 2 aromatic rings. The van der Waals surface area contributed by atoms with Gasteiger partial charge in [0.05, 0.1) is 6.42 Å². The average molecular weight is 467 g/mol. The summed E-state index contributed by atoms with van der Waals surface area (Å²) in [7, 11) is 1.83. The van der Waals surface area contributed by atoms with Crippen LogP contribution >= 0.6 is 11.8 Å². The second-order valence-corrected chi connectivity index (χ2v) is 10.5. The smallest absolute Gasteiger partial charge is 0.248 e. The number of aromatic nitrogens is 2. The first-order valence-corrected chi connectivity index (χ1v) is 12.9. The lowest BCUT2D eigenvalue weighted by molar-refractivity contribution is -0.127. The van der Waals surface area contributed by atoms with E-state index in [0.717, 1.165) is 47.5 Å². The van der Waals surface area contributed by atoms with E-state index < -0.39 is 6.04 Å². The van der Waals surface area contributed by atoms with Gasteiger partial charge >= 0.3 is 0 Å². The van der Waals surface area contributed by atoms with E-state index in [9.17, 15) is 9.59 Å². The fourth-order valence-corrected chi connectivity index (χ4v) is 5.88. The summed E-state index contributed by atoms with van der Waals surface area (Å²) in [6.45, 7) is 4.16. The van der Waals surface area contributed by atoms with E-state index in [1.165, 1.54) is 6.42 Å². The summed E-state index contributed by atoms with van der Waals surface area (Å²) in [6, 6.07) is 9.05. The Morgan fingerprint density at radius 1 is 1.21 bits per heavy atom. The van der Waals surface area contributed by atoms with Crippen LogP contribution in [0.1, 0.15) is 62.6 Å². The van der Waals surface area contributed by atoms with Crippen LogP contribution in [0.2, 0.25) is 0 Å². The van der Waals surface area contributed by atoms with Crippen molar-refractivity contribution in [3.63, 3.8) is 0 Å². The topological polar surface area (TPSA) is 67.2 Å². The molecule has 7 heteroatoms. The molecular formula is C26H34N4O2S. The minimum absolute atomic E-state index is 0.103. The van der Waals surface area contributed by atoms with Gasteiger partial charge in [-0.05, 0) is 41.7 Å². The Hall–Kier alpha value is -2.54. The molecular weight excluding hydrogens is 432 g/mol. The van der Waals surface area contributed by atoms with Crippen LogP contribution in [0.5, 0.6) is 0 Å². The van der Waals surface area contributed by atoms with Crippen molar-refractivity contribution in [2.45, 2.75) is 64.5 Å². The first-order valence-electron chi connectivity index (χ1n) is 11.9. The fourth-order valence-electron chi connectivity index (χ4n) is 4.75. The van der Waals surface area contributed by atoms with Gasteiger partial charge < -0.3 is 5.32 Å². The maximum Gasteiger partial charge on any atom is 0.248 e. The predicted octanol–water partition coefficient (Wildman–Crippen LogP) is 4.91. The van der Waals surface area contributed by atoms with E-state index in [4.69, 9.17) is 0 Å². The van der Waals surface area contributed by atoms with Crippen LogP contribution in [0.4, 0.5) is 5.82 Å². The number of hydrogen-bond donors (Lipinski definition) is 1. The molecule has 0 radical (unpaired) electrons. The van der Waals surface area contributed by atoms with Crippen molar-refractivity contribution < 1.29 is 9.59 Å².